The van der Waals surface area contributed by atoms with Gasteiger partial charge in [0.15, 0.2) is 0 Å². The first kappa shape index (κ1) is 15.6. The van der Waals surface area contributed by atoms with Crippen molar-refractivity contribution in [1.29, 1.82) is 0 Å². The number of thiophene rings is 1. The second-order valence-corrected chi connectivity index (χ2v) is 8.74. The molecule has 0 bridgehead atoms. The normalized spacial score (nSPS) is 15.7. The summed E-state index contributed by atoms with van der Waals surface area (Å²) < 4.78 is 23.0. The molecular formula is C15H19N3O2S2. The Morgan fingerprint density at radius 2 is 2.09 bits per heavy atom. The van der Waals surface area contributed by atoms with Gasteiger partial charge in [-0.05, 0) is 18.6 Å². The van der Waals surface area contributed by atoms with Crippen LogP contribution in [0.5, 0.6) is 0 Å². The highest BCUT2D eigenvalue weighted by Crippen LogP contribution is 2.23. The smallest absolute Gasteiger partial charge is 0.246 e. The minimum Gasteiger partial charge on any atom is -0.293 e. The number of nitrogens with zero attached hydrogens (tertiary/aromatic N) is 3. The van der Waals surface area contributed by atoms with Gasteiger partial charge in [-0.1, -0.05) is 6.92 Å². The number of rotatable bonds is 4. The van der Waals surface area contributed by atoms with Gasteiger partial charge in [0.05, 0.1) is 5.69 Å². The Kier molecular flexibility index (Phi) is 4.29. The Bertz CT molecular complexity index is 784. The molecule has 5 nitrogen and oxygen atoms in total. The maximum Gasteiger partial charge on any atom is 0.246 e. The lowest BCUT2D eigenvalue weighted by molar-refractivity contribution is 0.244. The Morgan fingerprint density at radius 1 is 1.32 bits per heavy atom. The van der Waals surface area contributed by atoms with E-state index in [4.69, 9.17) is 0 Å². The van der Waals surface area contributed by atoms with Gasteiger partial charge in [0.2, 0.25) is 15.0 Å². The van der Waals surface area contributed by atoms with E-state index in [1.807, 2.05) is 11.3 Å². The Balaban J connectivity index is 1.74. The summed E-state index contributed by atoms with van der Waals surface area (Å²) in [6.07, 6.45) is 4.66. The van der Waals surface area contributed by atoms with E-state index in [1.165, 1.54) is 9.75 Å². The molecule has 3 heterocycles. The first-order valence-corrected chi connectivity index (χ1v) is 10.0. The average molecular weight is 337 g/mol. The molecular weight excluding hydrogens is 318 g/mol. The minimum atomic E-state index is -3.33. The van der Waals surface area contributed by atoms with Crippen molar-refractivity contribution >= 4 is 21.2 Å². The number of aromatic nitrogens is 2. The zero-order valence-corrected chi connectivity index (χ0v) is 14.4. The van der Waals surface area contributed by atoms with Crippen LogP contribution in [0.3, 0.4) is 0 Å². The minimum absolute atomic E-state index is 0.0643. The van der Waals surface area contributed by atoms with Gasteiger partial charge in [-0.25, -0.2) is 18.4 Å². The van der Waals surface area contributed by atoms with Crippen LogP contribution in [0.15, 0.2) is 23.5 Å². The van der Waals surface area contributed by atoms with Crippen LogP contribution in [0.4, 0.5) is 0 Å². The molecule has 0 saturated heterocycles. The SMILES string of the molecule is CCc1ccc(CN2CCc3nc(S(C)(=O)=O)ncc3C2)s1. The first-order chi connectivity index (χ1) is 10.5. The van der Waals surface area contributed by atoms with Crippen LogP contribution in [-0.2, 0) is 35.8 Å². The van der Waals surface area contributed by atoms with E-state index < -0.39 is 9.84 Å². The number of aryl methyl sites for hydroxylation is 1. The highest BCUT2D eigenvalue weighted by Gasteiger charge is 2.21. The molecule has 1 aliphatic heterocycles. The lowest BCUT2D eigenvalue weighted by Gasteiger charge is -2.27. The second-order valence-electron chi connectivity index (χ2n) is 5.58. The van der Waals surface area contributed by atoms with E-state index >= 15 is 0 Å². The van der Waals surface area contributed by atoms with Crippen molar-refractivity contribution in [2.75, 3.05) is 12.8 Å². The van der Waals surface area contributed by atoms with Crippen molar-refractivity contribution in [3.63, 3.8) is 0 Å². The van der Waals surface area contributed by atoms with Crippen LogP contribution >= 0.6 is 11.3 Å². The molecule has 1 aliphatic rings. The summed E-state index contributed by atoms with van der Waals surface area (Å²) in [5.74, 6) is 0. The monoisotopic (exact) mass is 337 g/mol. The summed E-state index contributed by atoms with van der Waals surface area (Å²) in [5.41, 5.74) is 1.90. The zero-order chi connectivity index (χ0) is 15.7. The summed E-state index contributed by atoms with van der Waals surface area (Å²) in [5, 5.41) is -0.0643. The number of hydrogen-bond acceptors (Lipinski definition) is 6. The number of fused-ring (bicyclic) bond motifs is 1. The molecule has 0 aliphatic carbocycles. The van der Waals surface area contributed by atoms with Crippen molar-refractivity contribution < 1.29 is 8.42 Å². The van der Waals surface area contributed by atoms with E-state index in [0.29, 0.717) is 0 Å². The summed E-state index contributed by atoms with van der Waals surface area (Å²) in [7, 11) is -3.33. The van der Waals surface area contributed by atoms with E-state index in [-0.39, 0.29) is 5.16 Å². The van der Waals surface area contributed by atoms with Gasteiger partial charge >= 0.3 is 0 Å². The Hall–Kier alpha value is -1.31. The number of hydrogen-bond donors (Lipinski definition) is 0. The second kappa shape index (κ2) is 6.06. The quantitative estimate of drug-likeness (QED) is 0.799. The van der Waals surface area contributed by atoms with Crippen LogP contribution in [0.1, 0.15) is 27.9 Å². The highest BCUT2D eigenvalue weighted by atomic mass is 32.2. The molecule has 0 saturated carbocycles. The molecule has 0 amide bonds. The molecule has 2 aromatic rings. The van der Waals surface area contributed by atoms with Crippen molar-refractivity contribution in [1.82, 2.24) is 14.9 Å². The fourth-order valence-electron chi connectivity index (χ4n) is 2.59. The molecule has 7 heteroatoms. The van der Waals surface area contributed by atoms with Gasteiger partial charge in [-0.15, -0.1) is 11.3 Å². The molecule has 0 spiro atoms. The maximum absolute atomic E-state index is 11.5. The first-order valence-electron chi connectivity index (χ1n) is 7.30. The van der Waals surface area contributed by atoms with Gasteiger partial charge in [0, 0.05) is 53.8 Å². The summed E-state index contributed by atoms with van der Waals surface area (Å²) in [4.78, 5) is 13.4. The molecule has 22 heavy (non-hydrogen) atoms. The lowest BCUT2D eigenvalue weighted by atomic mass is 10.1. The molecule has 2 aromatic heterocycles. The molecule has 0 aromatic carbocycles. The van der Waals surface area contributed by atoms with E-state index in [2.05, 4.69) is 33.9 Å². The number of sulfone groups is 1. The molecule has 3 rings (SSSR count). The van der Waals surface area contributed by atoms with Gasteiger partial charge in [-0.3, -0.25) is 4.90 Å². The highest BCUT2D eigenvalue weighted by molar-refractivity contribution is 7.90. The third-order valence-corrected chi connectivity index (χ3v) is 5.84. The van der Waals surface area contributed by atoms with Crippen LogP contribution in [0.25, 0.3) is 0 Å². The predicted octanol–water partition coefficient (Wildman–Crippen LogP) is 2.06. The van der Waals surface area contributed by atoms with Gasteiger partial charge in [0.25, 0.3) is 0 Å². The van der Waals surface area contributed by atoms with Crippen LogP contribution in [0, 0.1) is 0 Å². The molecule has 0 unspecified atom stereocenters. The Labute approximate surface area is 135 Å². The van der Waals surface area contributed by atoms with Crippen LogP contribution in [0.2, 0.25) is 0 Å². The fourth-order valence-corrected chi connectivity index (χ4v) is 4.11. The third kappa shape index (κ3) is 3.37. The van der Waals surface area contributed by atoms with Gasteiger partial charge in [0.1, 0.15) is 0 Å². The van der Waals surface area contributed by atoms with E-state index in [9.17, 15) is 8.42 Å². The van der Waals surface area contributed by atoms with E-state index in [0.717, 1.165) is 50.0 Å². The molecule has 0 N–H and O–H groups in total. The summed E-state index contributed by atoms with van der Waals surface area (Å²) in [6.45, 7) is 4.77. The lowest BCUT2D eigenvalue weighted by Crippen LogP contribution is -2.31. The third-order valence-electron chi connectivity index (χ3n) is 3.77. The van der Waals surface area contributed by atoms with Crippen molar-refractivity contribution in [2.45, 2.75) is 38.0 Å². The van der Waals surface area contributed by atoms with Crippen LogP contribution < -0.4 is 0 Å². The predicted molar refractivity (Wildman–Crippen MR) is 86.7 cm³/mol. The van der Waals surface area contributed by atoms with Crippen LogP contribution in [-0.4, -0.2) is 36.1 Å². The fraction of sp³-hybridized carbons (Fsp3) is 0.467. The maximum atomic E-state index is 11.5. The van der Waals surface area contributed by atoms with E-state index in [1.54, 1.807) is 6.20 Å². The topological polar surface area (TPSA) is 63.2 Å². The molecule has 0 fully saturated rings. The van der Waals surface area contributed by atoms with Crippen molar-refractivity contribution in [2.24, 2.45) is 0 Å². The standard InChI is InChI=1S/C15H19N3O2S2/c1-3-12-4-5-13(21-12)10-18-7-6-14-11(9-18)8-16-15(17-14)22(2,19)20/h4-5,8H,3,6-7,9-10H2,1-2H3. The van der Waals surface area contributed by atoms with Gasteiger partial charge in [-0.2, -0.15) is 0 Å². The summed E-state index contributed by atoms with van der Waals surface area (Å²) in [6, 6.07) is 4.39. The Morgan fingerprint density at radius 3 is 2.77 bits per heavy atom. The van der Waals surface area contributed by atoms with Gasteiger partial charge < -0.3 is 0 Å². The van der Waals surface area contributed by atoms with Crippen molar-refractivity contribution in [3.05, 3.63) is 39.3 Å². The molecule has 118 valence electrons. The van der Waals surface area contributed by atoms with Crippen molar-refractivity contribution in [3.8, 4) is 0 Å². The summed E-state index contributed by atoms with van der Waals surface area (Å²) >= 11 is 1.86. The molecule has 0 atom stereocenters. The average Bonchev–Trinajstić information content (AvgIpc) is 2.93. The largest absolute Gasteiger partial charge is 0.293 e. The zero-order valence-electron chi connectivity index (χ0n) is 12.7. The molecule has 0 radical (unpaired) electrons.